The molecule has 1 aliphatic rings. The summed E-state index contributed by atoms with van der Waals surface area (Å²) >= 11 is 0. The molecule has 50 valence electrons. The van der Waals surface area contributed by atoms with Crippen LogP contribution >= 0.6 is 0 Å². The van der Waals surface area contributed by atoms with E-state index in [9.17, 15) is 9.90 Å². The molecule has 0 aliphatic heterocycles. The number of aliphatic hydroxyl groups excluding tert-OH is 1. The smallest absolute Gasteiger partial charge is 0.545 e. The number of aliphatic carboxylic acids is 1. The first kappa shape index (κ1) is 10.2. The van der Waals surface area contributed by atoms with E-state index >= 15 is 0 Å². The molecular weight excluding hydrogens is 143 g/mol. The average molecular weight is 150 g/mol. The van der Waals surface area contributed by atoms with Gasteiger partial charge in [0.25, 0.3) is 0 Å². The first-order valence-corrected chi connectivity index (χ1v) is 2.80. The summed E-state index contributed by atoms with van der Waals surface area (Å²) in [5, 5.41) is 18.8. The summed E-state index contributed by atoms with van der Waals surface area (Å²) in [6, 6.07) is 0. The van der Waals surface area contributed by atoms with Gasteiger partial charge in [-0.15, -0.1) is 0 Å². The van der Waals surface area contributed by atoms with Crippen LogP contribution in [0.2, 0.25) is 0 Å². The van der Waals surface area contributed by atoms with Gasteiger partial charge in [-0.25, -0.2) is 0 Å². The summed E-state index contributed by atoms with van der Waals surface area (Å²) in [5.74, 6) is -1.16. The van der Waals surface area contributed by atoms with Crippen molar-refractivity contribution in [1.82, 2.24) is 0 Å². The van der Waals surface area contributed by atoms with Crippen molar-refractivity contribution in [1.29, 1.82) is 0 Å². The van der Waals surface area contributed by atoms with E-state index in [2.05, 4.69) is 0 Å². The summed E-state index contributed by atoms with van der Waals surface area (Å²) in [7, 11) is 0. The molecule has 0 saturated heterocycles. The van der Waals surface area contributed by atoms with Gasteiger partial charge in [0.1, 0.15) is 0 Å². The van der Waals surface area contributed by atoms with Crippen LogP contribution in [0.4, 0.5) is 0 Å². The minimum Gasteiger partial charge on any atom is -0.545 e. The molecule has 1 unspecified atom stereocenters. The molecule has 0 radical (unpaired) electrons. The van der Waals surface area contributed by atoms with Crippen molar-refractivity contribution in [3.63, 3.8) is 0 Å². The van der Waals surface area contributed by atoms with E-state index in [-0.39, 0.29) is 35.1 Å². The Morgan fingerprint density at radius 2 is 2.40 bits per heavy atom. The third kappa shape index (κ3) is 2.42. The van der Waals surface area contributed by atoms with E-state index in [1.807, 2.05) is 0 Å². The maximum Gasteiger partial charge on any atom is 1.00 e. The molecule has 1 atom stereocenters. The van der Waals surface area contributed by atoms with Crippen molar-refractivity contribution in [3.05, 3.63) is 11.6 Å². The molecule has 0 aromatic heterocycles. The summed E-state index contributed by atoms with van der Waals surface area (Å²) in [6.45, 7) is 0. The van der Waals surface area contributed by atoms with Crippen molar-refractivity contribution < 1.29 is 44.6 Å². The van der Waals surface area contributed by atoms with Gasteiger partial charge in [-0.05, 0) is 18.4 Å². The Morgan fingerprint density at radius 1 is 1.80 bits per heavy atom. The molecule has 0 saturated carbocycles. The number of rotatable bonds is 1. The second-order valence-corrected chi connectivity index (χ2v) is 2.09. The van der Waals surface area contributed by atoms with Gasteiger partial charge in [0.2, 0.25) is 0 Å². The molecule has 0 aromatic carbocycles. The maximum absolute atomic E-state index is 10.1. The molecular formula is C6H7NaO3. The van der Waals surface area contributed by atoms with Crippen LogP contribution in [0.25, 0.3) is 0 Å². The summed E-state index contributed by atoms with van der Waals surface area (Å²) in [6.07, 6.45) is 1.71. The minimum absolute atomic E-state index is 0. The van der Waals surface area contributed by atoms with E-state index in [4.69, 9.17) is 5.11 Å². The zero-order valence-electron chi connectivity index (χ0n) is 5.83. The topological polar surface area (TPSA) is 60.4 Å². The van der Waals surface area contributed by atoms with Crippen LogP contribution in [0.1, 0.15) is 12.8 Å². The molecule has 0 heterocycles. The number of carboxylic acid groups (broad SMARTS) is 1. The average Bonchev–Trinajstić information content (AvgIpc) is 2.14. The Balaban J connectivity index is 0.000000810. The van der Waals surface area contributed by atoms with Crippen molar-refractivity contribution >= 4 is 5.97 Å². The predicted octanol–water partition coefficient (Wildman–Crippen LogP) is -4.18. The first-order valence-electron chi connectivity index (χ1n) is 2.80. The van der Waals surface area contributed by atoms with E-state index < -0.39 is 12.1 Å². The number of hydrogen-bond acceptors (Lipinski definition) is 3. The Morgan fingerprint density at radius 3 is 2.60 bits per heavy atom. The van der Waals surface area contributed by atoms with E-state index in [1.54, 1.807) is 0 Å². The number of carboxylic acids is 1. The SMILES string of the molecule is O=C([O-])C1=CC(O)CC1.[Na+]. The van der Waals surface area contributed by atoms with Gasteiger partial charge in [-0.3, -0.25) is 0 Å². The predicted molar refractivity (Wildman–Crippen MR) is 28.3 cm³/mol. The van der Waals surface area contributed by atoms with Crippen molar-refractivity contribution in [2.24, 2.45) is 0 Å². The van der Waals surface area contributed by atoms with E-state index in [1.165, 1.54) is 6.08 Å². The van der Waals surface area contributed by atoms with Crippen LogP contribution in [-0.2, 0) is 4.79 Å². The normalized spacial score (nSPS) is 23.3. The molecule has 4 heteroatoms. The molecule has 0 spiro atoms. The molecule has 0 fully saturated rings. The fourth-order valence-electron chi connectivity index (χ4n) is 0.872. The van der Waals surface area contributed by atoms with Crippen LogP contribution in [0.15, 0.2) is 11.6 Å². The van der Waals surface area contributed by atoms with Gasteiger partial charge in [0.15, 0.2) is 0 Å². The number of aliphatic hydroxyl groups is 1. The fourth-order valence-corrected chi connectivity index (χ4v) is 0.872. The molecule has 1 rings (SSSR count). The molecule has 0 amide bonds. The maximum atomic E-state index is 10.1. The molecule has 1 aliphatic carbocycles. The monoisotopic (exact) mass is 150 g/mol. The Bertz CT molecular complexity index is 164. The molecule has 0 aromatic rings. The van der Waals surface area contributed by atoms with Gasteiger partial charge < -0.3 is 15.0 Å². The fraction of sp³-hybridized carbons (Fsp3) is 0.500. The van der Waals surface area contributed by atoms with Crippen LogP contribution < -0.4 is 34.7 Å². The zero-order valence-corrected chi connectivity index (χ0v) is 7.83. The molecule has 1 N–H and O–H groups in total. The van der Waals surface area contributed by atoms with E-state index in [0.717, 1.165) is 0 Å². The van der Waals surface area contributed by atoms with Gasteiger partial charge in [-0.1, -0.05) is 6.08 Å². The van der Waals surface area contributed by atoms with Crippen LogP contribution in [0.5, 0.6) is 0 Å². The zero-order chi connectivity index (χ0) is 6.85. The number of carbonyl (C=O) groups excluding carboxylic acids is 1. The first-order chi connectivity index (χ1) is 4.20. The Kier molecular flexibility index (Phi) is 4.20. The third-order valence-corrected chi connectivity index (χ3v) is 1.37. The summed E-state index contributed by atoms with van der Waals surface area (Å²) < 4.78 is 0. The Labute approximate surface area is 81.0 Å². The largest absolute Gasteiger partial charge is 1.00 e. The second kappa shape index (κ2) is 4.13. The molecule has 10 heavy (non-hydrogen) atoms. The standard InChI is InChI=1S/C6H8O3.Na/c7-5-2-1-4(3-5)6(8)9;/h3,5,7H,1-2H2,(H,8,9);/q;+1/p-1. The van der Waals surface area contributed by atoms with Crippen molar-refractivity contribution in [3.8, 4) is 0 Å². The minimum atomic E-state index is -1.16. The van der Waals surface area contributed by atoms with Crippen molar-refractivity contribution in [2.45, 2.75) is 18.9 Å². The molecule has 0 bridgehead atoms. The van der Waals surface area contributed by atoms with E-state index in [0.29, 0.717) is 12.8 Å². The Hall–Kier alpha value is 0.170. The van der Waals surface area contributed by atoms with Gasteiger partial charge in [0.05, 0.1) is 12.1 Å². The summed E-state index contributed by atoms with van der Waals surface area (Å²) in [4.78, 5) is 10.1. The van der Waals surface area contributed by atoms with Crippen molar-refractivity contribution in [2.75, 3.05) is 0 Å². The second-order valence-electron chi connectivity index (χ2n) is 2.09. The third-order valence-electron chi connectivity index (χ3n) is 1.37. The quantitative estimate of drug-likeness (QED) is 0.386. The molecule has 3 nitrogen and oxygen atoms in total. The van der Waals surface area contributed by atoms with Crippen LogP contribution in [-0.4, -0.2) is 17.2 Å². The van der Waals surface area contributed by atoms with Gasteiger partial charge in [0, 0.05) is 0 Å². The van der Waals surface area contributed by atoms with Gasteiger partial charge in [-0.2, -0.15) is 0 Å². The van der Waals surface area contributed by atoms with Crippen LogP contribution in [0, 0.1) is 0 Å². The number of carbonyl (C=O) groups is 1. The summed E-state index contributed by atoms with van der Waals surface area (Å²) in [5.41, 5.74) is 0.225. The number of hydrogen-bond donors (Lipinski definition) is 1. The van der Waals surface area contributed by atoms with Crippen LogP contribution in [0.3, 0.4) is 0 Å². The van der Waals surface area contributed by atoms with Gasteiger partial charge >= 0.3 is 29.6 Å².